The van der Waals surface area contributed by atoms with E-state index in [1.54, 1.807) is 0 Å². The molecule has 2 heteroatoms. The maximum atomic E-state index is 2.43. The maximum absolute atomic E-state index is 2.43. The molecule has 0 saturated carbocycles. The zero-order chi connectivity index (χ0) is 35.8. The van der Waals surface area contributed by atoms with Crippen LogP contribution in [0.15, 0.2) is 218 Å². The van der Waals surface area contributed by atoms with Gasteiger partial charge in [0.15, 0.2) is 0 Å². The molecule has 0 fully saturated rings. The Kier molecular flexibility index (Phi) is 7.85. The summed E-state index contributed by atoms with van der Waals surface area (Å²) >= 11 is 0. The molecule has 0 amide bonds. The third kappa shape index (κ3) is 5.62. The predicted molar refractivity (Wildman–Crippen MR) is 229 cm³/mol. The van der Waals surface area contributed by atoms with Crippen molar-refractivity contribution >= 4 is 49.6 Å². The van der Waals surface area contributed by atoms with E-state index in [0.717, 1.165) is 28.3 Å². The number of rotatable bonds is 7. The number of nitrogens with zero attached hydrogens (tertiary/aromatic N) is 2. The highest BCUT2D eigenvalue weighted by Gasteiger charge is 2.20. The average Bonchev–Trinajstić information content (AvgIpc) is 3.58. The first-order chi connectivity index (χ1) is 26.8. The molecule has 0 unspecified atom stereocenters. The zero-order valence-corrected chi connectivity index (χ0v) is 29.7. The van der Waals surface area contributed by atoms with E-state index >= 15 is 0 Å². The SMILES string of the molecule is c1ccc(-c2ccc(N(c3ccc4c5ccccc5n(-c5cccc(-c6ccc7ccccc7c6)c5)c4c3)c3ccccc3-c3ccccc3)cc2)cc1. The molecule has 10 rings (SSSR count). The van der Waals surface area contributed by atoms with Crippen molar-refractivity contribution in [1.29, 1.82) is 0 Å². The molecule has 0 aliphatic carbocycles. The first-order valence-corrected chi connectivity index (χ1v) is 18.5. The van der Waals surface area contributed by atoms with Gasteiger partial charge in [-0.2, -0.15) is 0 Å². The van der Waals surface area contributed by atoms with Crippen molar-refractivity contribution in [3.05, 3.63) is 218 Å². The molecule has 0 N–H and O–H groups in total. The molecule has 0 aliphatic rings. The Morgan fingerprint density at radius 1 is 0.315 bits per heavy atom. The van der Waals surface area contributed by atoms with Gasteiger partial charge in [0.2, 0.25) is 0 Å². The van der Waals surface area contributed by atoms with Gasteiger partial charge in [0.25, 0.3) is 0 Å². The zero-order valence-electron chi connectivity index (χ0n) is 29.7. The molecular formula is C52H36N2. The monoisotopic (exact) mass is 688 g/mol. The number of hydrogen-bond donors (Lipinski definition) is 0. The summed E-state index contributed by atoms with van der Waals surface area (Å²) in [5.41, 5.74) is 13.9. The van der Waals surface area contributed by atoms with Crippen LogP contribution in [0.2, 0.25) is 0 Å². The van der Waals surface area contributed by atoms with Crippen LogP contribution in [-0.2, 0) is 0 Å². The van der Waals surface area contributed by atoms with Crippen molar-refractivity contribution < 1.29 is 0 Å². The molecule has 254 valence electrons. The van der Waals surface area contributed by atoms with Gasteiger partial charge in [-0.3, -0.25) is 0 Å². The van der Waals surface area contributed by atoms with Crippen molar-refractivity contribution in [2.24, 2.45) is 0 Å². The molecule has 0 atom stereocenters. The minimum absolute atomic E-state index is 1.09. The normalized spacial score (nSPS) is 11.3. The fourth-order valence-electron chi connectivity index (χ4n) is 7.96. The van der Waals surface area contributed by atoms with E-state index in [1.165, 1.54) is 60.4 Å². The van der Waals surface area contributed by atoms with Crippen LogP contribution in [0.3, 0.4) is 0 Å². The fraction of sp³-hybridized carbons (Fsp3) is 0. The van der Waals surface area contributed by atoms with Crippen LogP contribution in [0.1, 0.15) is 0 Å². The van der Waals surface area contributed by atoms with Gasteiger partial charge >= 0.3 is 0 Å². The lowest BCUT2D eigenvalue weighted by atomic mass is 10.0. The second kappa shape index (κ2) is 13.4. The van der Waals surface area contributed by atoms with Gasteiger partial charge in [0.1, 0.15) is 0 Å². The first-order valence-electron chi connectivity index (χ1n) is 18.5. The second-order valence-corrected chi connectivity index (χ2v) is 13.8. The standard InChI is InChI=1S/C52H36N2/c1-3-14-37(15-4-1)39-28-30-44(31-29-39)53(50-24-11-9-22-47(50)40-17-5-2-6-18-40)46-32-33-49-48-23-10-12-25-51(48)54(52(49)36-46)45-21-13-20-42(35-45)43-27-26-38-16-7-8-19-41(38)34-43/h1-36H. The lowest BCUT2D eigenvalue weighted by molar-refractivity contribution is 1.18. The lowest BCUT2D eigenvalue weighted by Gasteiger charge is -2.28. The van der Waals surface area contributed by atoms with Gasteiger partial charge in [-0.25, -0.2) is 0 Å². The predicted octanol–water partition coefficient (Wildman–Crippen LogP) is 14.4. The van der Waals surface area contributed by atoms with Crippen molar-refractivity contribution in [2.45, 2.75) is 0 Å². The van der Waals surface area contributed by atoms with E-state index in [-0.39, 0.29) is 0 Å². The minimum Gasteiger partial charge on any atom is -0.310 e. The highest BCUT2D eigenvalue weighted by Crippen LogP contribution is 2.43. The summed E-state index contributed by atoms with van der Waals surface area (Å²) in [4.78, 5) is 2.41. The molecule has 0 aliphatic heterocycles. The molecule has 0 saturated heterocycles. The van der Waals surface area contributed by atoms with Gasteiger partial charge in [-0.1, -0.05) is 164 Å². The van der Waals surface area contributed by atoms with Gasteiger partial charge in [0.05, 0.1) is 16.7 Å². The van der Waals surface area contributed by atoms with E-state index in [2.05, 4.69) is 228 Å². The quantitative estimate of drug-likeness (QED) is 0.162. The van der Waals surface area contributed by atoms with Gasteiger partial charge < -0.3 is 9.47 Å². The molecule has 0 radical (unpaired) electrons. The average molecular weight is 689 g/mol. The maximum Gasteiger partial charge on any atom is 0.0561 e. The summed E-state index contributed by atoms with van der Waals surface area (Å²) in [5.74, 6) is 0. The molecule has 0 spiro atoms. The van der Waals surface area contributed by atoms with Crippen LogP contribution < -0.4 is 4.90 Å². The Morgan fingerprint density at radius 3 is 1.74 bits per heavy atom. The third-order valence-corrected chi connectivity index (χ3v) is 10.6. The molecule has 54 heavy (non-hydrogen) atoms. The Balaban J connectivity index is 1.17. The first kappa shape index (κ1) is 31.6. The number of para-hydroxylation sites is 2. The van der Waals surface area contributed by atoms with Crippen LogP contribution in [-0.4, -0.2) is 4.57 Å². The number of fused-ring (bicyclic) bond motifs is 4. The number of benzene rings is 9. The summed E-state index contributed by atoms with van der Waals surface area (Å²) < 4.78 is 2.43. The minimum atomic E-state index is 1.09. The van der Waals surface area contributed by atoms with Crippen LogP contribution >= 0.6 is 0 Å². The van der Waals surface area contributed by atoms with Crippen molar-refractivity contribution in [3.63, 3.8) is 0 Å². The highest BCUT2D eigenvalue weighted by molar-refractivity contribution is 6.10. The van der Waals surface area contributed by atoms with Crippen molar-refractivity contribution in [2.75, 3.05) is 4.90 Å². The van der Waals surface area contributed by atoms with Crippen LogP contribution in [0.25, 0.3) is 71.6 Å². The van der Waals surface area contributed by atoms with E-state index in [1.807, 2.05) is 0 Å². The number of aromatic nitrogens is 1. The summed E-state index contributed by atoms with van der Waals surface area (Å²) in [5, 5.41) is 4.95. The lowest BCUT2D eigenvalue weighted by Crippen LogP contribution is -2.11. The molecule has 10 aromatic rings. The van der Waals surface area contributed by atoms with E-state index in [9.17, 15) is 0 Å². The Bertz CT molecular complexity index is 2920. The van der Waals surface area contributed by atoms with Crippen molar-refractivity contribution in [1.82, 2.24) is 4.57 Å². The Hall–Kier alpha value is -7.16. The summed E-state index contributed by atoms with van der Waals surface area (Å²) in [6.07, 6.45) is 0. The molecule has 9 aromatic carbocycles. The van der Waals surface area contributed by atoms with E-state index in [4.69, 9.17) is 0 Å². The van der Waals surface area contributed by atoms with Gasteiger partial charge in [-0.05, 0) is 93.2 Å². The second-order valence-electron chi connectivity index (χ2n) is 13.8. The van der Waals surface area contributed by atoms with Crippen LogP contribution in [0.4, 0.5) is 17.1 Å². The van der Waals surface area contributed by atoms with E-state index in [0.29, 0.717) is 0 Å². The number of anilines is 3. The highest BCUT2D eigenvalue weighted by atomic mass is 15.1. The molecule has 1 heterocycles. The smallest absolute Gasteiger partial charge is 0.0561 e. The van der Waals surface area contributed by atoms with Crippen LogP contribution in [0.5, 0.6) is 0 Å². The van der Waals surface area contributed by atoms with Gasteiger partial charge in [0, 0.05) is 33.4 Å². The van der Waals surface area contributed by atoms with Crippen molar-refractivity contribution in [3.8, 4) is 39.1 Å². The summed E-state index contributed by atoms with van der Waals surface area (Å²) in [6, 6.07) is 78.9. The topological polar surface area (TPSA) is 8.17 Å². The van der Waals surface area contributed by atoms with E-state index < -0.39 is 0 Å². The summed E-state index contributed by atoms with van der Waals surface area (Å²) in [6.45, 7) is 0. The Labute approximate surface area is 315 Å². The van der Waals surface area contributed by atoms with Gasteiger partial charge in [-0.15, -0.1) is 0 Å². The fourth-order valence-corrected chi connectivity index (χ4v) is 7.96. The third-order valence-electron chi connectivity index (χ3n) is 10.6. The summed E-state index contributed by atoms with van der Waals surface area (Å²) in [7, 11) is 0. The molecule has 0 bridgehead atoms. The molecule has 1 aromatic heterocycles. The molecular weight excluding hydrogens is 653 g/mol. The largest absolute Gasteiger partial charge is 0.310 e. The number of hydrogen-bond acceptors (Lipinski definition) is 1. The molecule has 2 nitrogen and oxygen atoms in total. The Morgan fingerprint density at radius 2 is 0.907 bits per heavy atom. The van der Waals surface area contributed by atoms with Crippen LogP contribution in [0, 0.1) is 0 Å².